The molecule has 0 saturated heterocycles. The average molecular weight is 348 g/mol. The van der Waals surface area contributed by atoms with Crippen molar-refractivity contribution in [2.24, 2.45) is 0 Å². The summed E-state index contributed by atoms with van der Waals surface area (Å²) in [6.45, 7) is 0.766. The van der Waals surface area contributed by atoms with E-state index in [1.807, 2.05) is 54.6 Å². The summed E-state index contributed by atoms with van der Waals surface area (Å²) in [5.74, 6) is 0.776. The molecule has 2 heterocycles. The summed E-state index contributed by atoms with van der Waals surface area (Å²) >= 11 is 0. The molecule has 0 aliphatic heterocycles. The minimum Gasteiger partial charge on any atom is -0.489 e. The van der Waals surface area contributed by atoms with Gasteiger partial charge in [-0.2, -0.15) is 4.68 Å². The first-order chi connectivity index (χ1) is 12.8. The summed E-state index contributed by atoms with van der Waals surface area (Å²) in [4.78, 5) is 12.0. The van der Waals surface area contributed by atoms with E-state index in [-0.39, 0.29) is 12.4 Å². The zero-order valence-electron chi connectivity index (χ0n) is 13.9. The molecule has 0 saturated carbocycles. The molecular weight excluding hydrogens is 332 g/mol. The van der Waals surface area contributed by atoms with Gasteiger partial charge < -0.3 is 13.6 Å². The largest absolute Gasteiger partial charge is 0.489 e. The Balaban J connectivity index is 1.48. The summed E-state index contributed by atoms with van der Waals surface area (Å²) in [6.07, 6.45) is 1.50. The van der Waals surface area contributed by atoms with Gasteiger partial charge in [0.05, 0.1) is 12.8 Å². The van der Waals surface area contributed by atoms with Crippen molar-refractivity contribution < 1.29 is 13.6 Å². The molecular formula is C20H16N2O4. The second-order valence-corrected chi connectivity index (χ2v) is 5.73. The predicted octanol–water partition coefficient (Wildman–Crippen LogP) is 3.72. The second-order valence-electron chi connectivity index (χ2n) is 5.73. The van der Waals surface area contributed by atoms with E-state index in [0.717, 1.165) is 16.9 Å². The van der Waals surface area contributed by atoms with E-state index in [9.17, 15) is 4.79 Å². The van der Waals surface area contributed by atoms with Gasteiger partial charge in [-0.15, -0.1) is 5.10 Å². The molecule has 130 valence electrons. The number of hydrogen-bond acceptors (Lipinski definition) is 5. The average Bonchev–Trinajstić information content (AvgIpc) is 3.32. The zero-order valence-corrected chi connectivity index (χ0v) is 13.9. The number of furan rings is 1. The lowest BCUT2D eigenvalue weighted by Crippen LogP contribution is -2.16. The fourth-order valence-corrected chi connectivity index (χ4v) is 2.55. The van der Waals surface area contributed by atoms with E-state index in [2.05, 4.69) is 5.10 Å². The molecule has 0 radical (unpaired) electrons. The highest BCUT2D eigenvalue weighted by Crippen LogP contribution is 2.18. The fraction of sp³-hybridized carbons (Fsp3) is 0.100. The van der Waals surface area contributed by atoms with Crippen LogP contribution in [0.25, 0.3) is 11.7 Å². The predicted molar refractivity (Wildman–Crippen MR) is 94.8 cm³/mol. The van der Waals surface area contributed by atoms with Gasteiger partial charge in [0.2, 0.25) is 0 Å². The molecule has 0 spiro atoms. The standard InChI is InChI=1S/C20H16N2O4/c23-20-22(21-19(26-20)18-10-5-11-24-18)13-16-8-4-9-17(12-16)25-14-15-6-2-1-3-7-15/h1-12H,13-14H2. The van der Waals surface area contributed by atoms with Crippen molar-refractivity contribution in [3.05, 3.63) is 94.7 Å². The SMILES string of the molecule is O=c1oc(-c2ccco2)nn1Cc1cccc(OCc2ccccc2)c1. The van der Waals surface area contributed by atoms with Crippen LogP contribution in [0, 0.1) is 0 Å². The van der Waals surface area contributed by atoms with Crippen LogP contribution in [-0.4, -0.2) is 9.78 Å². The van der Waals surface area contributed by atoms with E-state index in [1.54, 1.807) is 12.1 Å². The van der Waals surface area contributed by atoms with Crippen molar-refractivity contribution in [3.8, 4) is 17.4 Å². The number of ether oxygens (including phenoxy) is 1. The Bertz CT molecular complexity index is 1030. The molecule has 0 atom stereocenters. The Morgan fingerprint density at radius 1 is 0.962 bits per heavy atom. The minimum atomic E-state index is -0.535. The Morgan fingerprint density at radius 3 is 2.62 bits per heavy atom. The zero-order chi connectivity index (χ0) is 17.8. The molecule has 2 aromatic heterocycles. The van der Waals surface area contributed by atoms with Gasteiger partial charge in [0, 0.05) is 0 Å². The molecule has 0 aliphatic carbocycles. The van der Waals surface area contributed by atoms with Gasteiger partial charge in [-0.05, 0) is 35.4 Å². The van der Waals surface area contributed by atoms with E-state index >= 15 is 0 Å². The van der Waals surface area contributed by atoms with Crippen LogP contribution in [0.2, 0.25) is 0 Å². The van der Waals surface area contributed by atoms with Gasteiger partial charge in [0.1, 0.15) is 12.4 Å². The molecule has 2 aromatic carbocycles. The van der Waals surface area contributed by atoms with Crippen LogP contribution < -0.4 is 10.5 Å². The fourth-order valence-electron chi connectivity index (χ4n) is 2.55. The highest BCUT2D eigenvalue weighted by molar-refractivity contribution is 5.42. The van der Waals surface area contributed by atoms with Crippen LogP contribution in [-0.2, 0) is 13.2 Å². The summed E-state index contributed by atoms with van der Waals surface area (Å²) in [7, 11) is 0. The Kier molecular flexibility index (Phi) is 4.38. The smallest absolute Gasteiger partial charge is 0.437 e. The molecule has 0 bridgehead atoms. The Hall–Kier alpha value is -3.54. The molecule has 0 fully saturated rings. The maximum Gasteiger partial charge on any atom is 0.437 e. The quantitative estimate of drug-likeness (QED) is 0.531. The molecule has 0 aliphatic rings. The summed E-state index contributed by atoms with van der Waals surface area (Å²) in [5, 5.41) is 4.17. The highest BCUT2D eigenvalue weighted by atomic mass is 16.5. The van der Waals surface area contributed by atoms with Crippen molar-refractivity contribution in [1.29, 1.82) is 0 Å². The van der Waals surface area contributed by atoms with Gasteiger partial charge in [0.15, 0.2) is 5.76 Å². The second kappa shape index (κ2) is 7.14. The third-order valence-corrected chi connectivity index (χ3v) is 3.82. The minimum absolute atomic E-state index is 0.163. The third-order valence-electron chi connectivity index (χ3n) is 3.82. The van der Waals surface area contributed by atoms with Gasteiger partial charge >= 0.3 is 5.76 Å². The lowest BCUT2D eigenvalue weighted by atomic mass is 10.2. The summed E-state index contributed by atoms with van der Waals surface area (Å²) in [6, 6.07) is 20.9. The van der Waals surface area contributed by atoms with Crippen LogP contribution in [0.4, 0.5) is 0 Å². The number of hydrogen-bond donors (Lipinski definition) is 0. The van der Waals surface area contributed by atoms with Crippen molar-refractivity contribution >= 4 is 0 Å². The molecule has 26 heavy (non-hydrogen) atoms. The summed E-state index contributed by atoms with van der Waals surface area (Å²) in [5.41, 5.74) is 1.98. The van der Waals surface area contributed by atoms with Crippen molar-refractivity contribution in [3.63, 3.8) is 0 Å². The number of rotatable bonds is 6. The first-order valence-corrected chi connectivity index (χ1v) is 8.15. The molecule has 4 aromatic rings. The maximum absolute atomic E-state index is 12.0. The Morgan fingerprint density at radius 2 is 1.81 bits per heavy atom. The first kappa shape index (κ1) is 16.0. The van der Waals surface area contributed by atoms with Gasteiger partial charge in [-0.3, -0.25) is 0 Å². The highest BCUT2D eigenvalue weighted by Gasteiger charge is 2.13. The first-order valence-electron chi connectivity index (χ1n) is 8.15. The maximum atomic E-state index is 12.0. The lowest BCUT2D eigenvalue weighted by Gasteiger charge is -2.08. The number of aromatic nitrogens is 2. The molecule has 0 N–H and O–H groups in total. The van der Waals surface area contributed by atoms with E-state index in [4.69, 9.17) is 13.6 Å². The van der Waals surface area contributed by atoms with Gasteiger partial charge in [0.25, 0.3) is 5.89 Å². The van der Waals surface area contributed by atoms with Crippen LogP contribution in [0.1, 0.15) is 11.1 Å². The topological polar surface area (TPSA) is 70.4 Å². The van der Waals surface area contributed by atoms with Crippen LogP contribution in [0.5, 0.6) is 5.75 Å². The molecule has 6 heteroatoms. The van der Waals surface area contributed by atoms with E-state index in [0.29, 0.717) is 12.4 Å². The van der Waals surface area contributed by atoms with Crippen molar-refractivity contribution in [1.82, 2.24) is 9.78 Å². The molecule has 6 nitrogen and oxygen atoms in total. The lowest BCUT2D eigenvalue weighted by molar-refractivity contribution is 0.306. The van der Waals surface area contributed by atoms with Crippen LogP contribution in [0.15, 0.2) is 86.6 Å². The summed E-state index contributed by atoms with van der Waals surface area (Å²) < 4.78 is 17.4. The molecule has 0 unspecified atom stereocenters. The Labute approximate surface area is 149 Å². The van der Waals surface area contributed by atoms with Gasteiger partial charge in [-0.25, -0.2) is 4.79 Å². The molecule has 4 rings (SSSR count). The van der Waals surface area contributed by atoms with Crippen molar-refractivity contribution in [2.45, 2.75) is 13.2 Å². The van der Waals surface area contributed by atoms with E-state index < -0.39 is 5.76 Å². The van der Waals surface area contributed by atoms with Crippen LogP contribution >= 0.6 is 0 Å². The number of nitrogens with zero attached hydrogens (tertiary/aromatic N) is 2. The number of benzene rings is 2. The van der Waals surface area contributed by atoms with Gasteiger partial charge in [-0.1, -0.05) is 42.5 Å². The monoisotopic (exact) mass is 348 g/mol. The van der Waals surface area contributed by atoms with Crippen LogP contribution in [0.3, 0.4) is 0 Å². The normalized spacial score (nSPS) is 10.8. The van der Waals surface area contributed by atoms with Crippen molar-refractivity contribution in [2.75, 3.05) is 0 Å². The molecule has 0 amide bonds. The van der Waals surface area contributed by atoms with E-state index in [1.165, 1.54) is 10.9 Å². The third kappa shape index (κ3) is 3.59.